The van der Waals surface area contributed by atoms with Crippen molar-refractivity contribution in [3.8, 4) is 5.75 Å². The number of thiophene rings is 1. The predicted molar refractivity (Wildman–Crippen MR) is 182 cm³/mol. The van der Waals surface area contributed by atoms with E-state index in [1.54, 1.807) is 51.3 Å². The van der Waals surface area contributed by atoms with E-state index in [1.807, 2.05) is 47.8 Å². The number of hydrogen-bond donors (Lipinski definition) is 3. The molecule has 0 unspecified atom stereocenters. The third-order valence-electron chi connectivity index (χ3n) is 8.49. The molecule has 0 spiro atoms. The molecule has 3 N–H and O–H groups in total. The third kappa shape index (κ3) is 6.68. The summed E-state index contributed by atoms with van der Waals surface area (Å²) < 4.78 is 5.61. The minimum Gasteiger partial charge on any atom is -0.508 e. The highest BCUT2D eigenvalue weighted by Gasteiger charge is 2.51. The van der Waals surface area contributed by atoms with Crippen molar-refractivity contribution in [3.05, 3.63) is 108 Å². The number of phenolic OH excluding ortho intramolecular Hbond substituents is 1. The fourth-order valence-corrected chi connectivity index (χ4v) is 7.29. The maximum absolute atomic E-state index is 14.4. The minimum atomic E-state index is -0.905. The van der Waals surface area contributed by atoms with Gasteiger partial charge < -0.3 is 25.0 Å². The van der Waals surface area contributed by atoms with Crippen molar-refractivity contribution in [1.82, 2.24) is 25.1 Å². The van der Waals surface area contributed by atoms with Crippen LogP contribution in [0.5, 0.6) is 5.75 Å². The van der Waals surface area contributed by atoms with Gasteiger partial charge in [-0.15, -0.1) is 17.9 Å². The van der Waals surface area contributed by atoms with Gasteiger partial charge in [0, 0.05) is 26.1 Å². The molecule has 2 atom stereocenters. The normalized spacial score (nSPS) is 18.1. The lowest BCUT2D eigenvalue weighted by atomic mass is 9.98. The van der Waals surface area contributed by atoms with E-state index in [2.05, 4.69) is 17.2 Å². The Morgan fingerprint density at radius 1 is 1.04 bits per heavy atom. The van der Waals surface area contributed by atoms with E-state index in [1.165, 1.54) is 23.3 Å². The number of carbonyl (C=O) groups is 4. The van der Waals surface area contributed by atoms with Crippen LogP contribution in [0.1, 0.15) is 16.7 Å². The molecule has 3 heterocycles. The molecule has 12 nitrogen and oxygen atoms in total. The number of anilines is 1. The number of nitrogens with zero attached hydrogens (tertiary/aromatic N) is 4. The smallest absolute Gasteiger partial charge is 0.411 e. The zero-order chi connectivity index (χ0) is 33.8. The number of amides is 5. The van der Waals surface area contributed by atoms with Crippen molar-refractivity contribution in [1.29, 1.82) is 0 Å². The molecule has 248 valence electrons. The average Bonchev–Trinajstić information content (AvgIpc) is 3.50. The average molecular weight is 669 g/mol. The number of hydrogen-bond acceptors (Lipinski definition) is 8. The van der Waals surface area contributed by atoms with Crippen molar-refractivity contribution in [2.45, 2.75) is 31.7 Å². The molecule has 0 aliphatic carbocycles. The molecule has 13 heteroatoms. The molecule has 2 aliphatic heterocycles. The number of carbonyl (C=O) groups excluding carboxylic acids is 4. The molecule has 6 rings (SSSR count). The molecule has 4 aromatic rings. The van der Waals surface area contributed by atoms with E-state index in [0.29, 0.717) is 5.69 Å². The van der Waals surface area contributed by atoms with E-state index >= 15 is 0 Å². The van der Waals surface area contributed by atoms with Crippen LogP contribution in [-0.4, -0.2) is 87.8 Å². The lowest BCUT2D eigenvalue weighted by Gasteiger charge is -2.55. The van der Waals surface area contributed by atoms with Gasteiger partial charge in [-0.3, -0.25) is 14.9 Å². The van der Waals surface area contributed by atoms with Gasteiger partial charge in [-0.25, -0.2) is 19.6 Å². The number of benzene rings is 3. The van der Waals surface area contributed by atoms with Crippen LogP contribution in [0.2, 0.25) is 0 Å². The summed E-state index contributed by atoms with van der Waals surface area (Å²) in [5.41, 5.74) is 3.13. The highest BCUT2D eigenvalue weighted by atomic mass is 32.1. The minimum absolute atomic E-state index is 0.0699. The number of fused-ring (bicyclic) bond motifs is 2. The summed E-state index contributed by atoms with van der Waals surface area (Å²) in [4.78, 5) is 57.4. The van der Waals surface area contributed by atoms with Gasteiger partial charge >= 0.3 is 12.1 Å². The fourth-order valence-electron chi connectivity index (χ4n) is 6.25. The summed E-state index contributed by atoms with van der Waals surface area (Å²) in [5.74, 6) is -0.433. The number of phenols is 1. The third-order valence-corrected chi connectivity index (χ3v) is 9.57. The van der Waals surface area contributed by atoms with E-state index in [9.17, 15) is 24.3 Å². The molecule has 3 aromatic carbocycles. The van der Waals surface area contributed by atoms with Crippen LogP contribution in [0.15, 0.2) is 90.8 Å². The van der Waals surface area contributed by atoms with Crippen LogP contribution in [0.25, 0.3) is 10.1 Å². The molecule has 0 radical (unpaired) electrons. The molecular weight excluding hydrogens is 632 g/mol. The van der Waals surface area contributed by atoms with Gasteiger partial charge in [0.05, 0.1) is 30.6 Å². The Bertz CT molecular complexity index is 1830. The summed E-state index contributed by atoms with van der Waals surface area (Å²) in [5, 5.41) is 21.6. The molecule has 5 amide bonds. The molecule has 1 aromatic heterocycles. The van der Waals surface area contributed by atoms with Gasteiger partial charge in [-0.1, -0.05) is 60.7 Å². The van der Waals surface area contributed by atoms with Crippen molar-refractivity contribution in [2.24, 2.45) is 0 Å². The first-order valence-electron chi connectivity index (χ1n) is 15.5. The first-order chi connectivity index (χ1) is 23.3. The highest BCUT2D eigenvalue weighted by molar-refractivity contribution is 7.18. The maximum Gasteiger partial charge on any atom is 0.411 e. The van der Waals surface area contributed by atoms with Gasteiger partial charge in [0.15, 0.2) is 0 Å². The molecule has 48 heavy (non-hydrogen) atoms. The van der Waals surface area contributed by atoms with Gasteiger partial charge in [0.1, 0.15) is 18.0 Å². The number of methoxy groups -OCH3 is 1. The van der Waals surface area contributed by atoms with Crippen LogP contribution >= 0.6 is 11.3 Å². The van der Waals surface area contributed by atoms with Crippen molar-refractivity contribution < 1.29 is 29.0 Å². The van der Waals surface area contributed by atoms with E-state index in [0.717, 1.165) is 26.8 Å². The quantitative estimate of drug-likeness (QED) is 0.223. The number of urea groups is 1. The second-order valence-corrected chi connectivity index (χ2v) is 12.5. The largest absolute Gasteiger partial charge is 0.508 e. The monoisotopic (exact) mass is 668 g/mol. The van der Waals surface area contributed by atoms with Crippen LogP contribution in [0, 0.1) is 0 Å². The fraction of sp³-hybridized carbons (Fsp3) is 0.257. The van der Waals surface area contributed by atoms with E-state index < -0.39 is 24.3 Å². The van der Waals surface area contributed by atoms with Gasteiger partial charge in [-0.2, -0.15) is 0 Å². The molecule has 2 fully saturated rings. The number of piperazine rings is 1. The van der Waals surface area contributed by atoms with Crippen molar-refractivity contribution >= 4 is 51.0 Å². The number of hydrazine groups is 1. The van der Waals surface area contributed by atoms with E-state index in [-0.39, 0.29) is 56.7 Å². The van der Waals surface area contributed by atoms with Crippen molar-refractivity contribution in [2.75, 3.05) is 32.1 Å². The summed E-state index contributed by atoms with van der Waals surface area (Å²) in [6, 6.07) is 20.3. The second kappa shape index (κ2) is 14.2. The summed E-state index contributed by atoms with van der Waals surface area (Å²) in [6.45, 7) is 4.55. The number of ether oxygens (including phenoxy) is 1. The van der Waals surface area contributed by atoms with Crippen LogP contribution in [0.4, 0.5) is 15.3 Å². The summed E-state index contributed by atoms with van der Waals surface area (Å²) in [6.07, 6.45) is 0.439. The topological polar surface area (TPSA) is 135 Å². The van der Waals surface area contributed by atoms with Crippen molar-refractivity contribution in [3.63, 3.8) is 0 Å². The summed E-state index contributed by atoms with van der Waals surface area (Å²) >= 11 is 1.44. The Morgan fingerprint density at radius 3 is 2.54 bits per heavy atom. The Balaban J connectivity index is 1.36. The van der Waals surface area contributed by atoms with Crippen LogP contribution in [-0.2, 0) is 33.8 Å². The lowest BCUT2D eigenvalue weighted by Crippen LogP contribution is -2.76. The molecule has 0 saturated carbocycles. The van der Waals surface area contributed by atoms with Gasteiger partial charge in [-0.05, 0) is 45.7 Å². The molecular formula is C35H36N6O6S. The Kier molecular flexibility index (Phi) is 9.60. The summed E-state index contributed by atoms with van der Waals surface area (Å²) in [7, 11) is 1.30. The van der Waals surface area contributed by atoms with E-state index in [4.69, 9.17) is 4.74 Å². The number of rotatable bonds is 9. The zero-order valence-corrected chi connectivity index (χ0v) is 27.2. The molecule has 2 aliphatic rings. The number of aromatic hydroxyl groups is 1. The first kappa shape index (κ1) is 32.5. The van der Waals surface area contributed by atoms with Crippen LogP contribution in [0.3, 0.4) is 0 Å². The van der Waals surface area contributed by atoms with Gasteiger partial charge in [0.25, 0.3) is 0 Å². The second-order valence-electron chi connectivity index (χ2n) is 11.6. The Hall–Kier alpha value is -5.40. The number of nitrogens with one attached hydrogen (secondary N) is 2. The molecule has 2 saturated heterocycles. The maximum atomic E-state index is 14.4. The SMILES string of the molecule is C=CCN1CC(=O)N2[C@@H](Cc3ccc(O)cc3)C(=O)N(Cc3csc4c(NC(=O)OC)cccc34)C[C@@H]2N1C(=O)NCc1ccccc1. The standard InChI is InChI=1S/C35H36N6O6S/c1-3-16-39-21-31(43)40-29(17-23-12-14-26(42)15-13-23)33(44)38(20-30(40)41(39)34(45)36-18-24-8-5-4-6-9-24)19-25-22-48-32-27(25)10-7-11-28(32)37-35(46)47-2/h3-15,22,29-30,42H,1,16-21H2,2H3,(H,36,45)(H,37,46)/t29-,30-/m0/s1. The first-order valence-corrected chi connectivity index (χ1v) is 16.3. The molecule has 0 bridgehead atoms. The van der Waals surface area contributed by atoms with Gasteiger partial charge in [0.2, 0.25) is 11.8 Å². The lowest BCUT2D eigenvalue weighted by molar-refractivity contribution is -0.189. The van der Waals surface area contributed by atoms with Crippen LogP contribution < -0.4 is 10.6 Å². The predicted octanol–water partition coefficient (Wildman–Crippen LogP) is 4.52. The Morgan fingerprint density at radius 2 is 1.81 bits per heavy atom. The zero-order valence-electron chi connectivity index (χ0n) is 26.4. The Labute approximate surface area is 281 Å². The highest BCUT2D eigenvalue weighted by Crippen LogP contribution is 2.35.